The number of aromatic amines is 1. The van der Waals surface area contributed by atoms with Crippen LogP contribution in [0.2, 0.25) is 0 Å². The predicted octanol–water partition coefficient (Wildman–Crippen LogP) is 3.96. The third-order valence-corrected chi connectivity index (χ3v) is 4.51. The van der Waals surface area contributed by atoms with Gasteiger partial charge in [-0.05, 0) is 12.0 Å². The molecule has 1 aliphatic carbocycles. The molecule has 1 aromatic carbocycles. The maximum absolute atomic E-state index is 5.48. The molecule has 0 bridgehead atoms. The average molecular weight is 297 g/mol. The molecule has 0 unspecified atom stereocenters. The van der Waals surface area contributed by atoms with E-state index in [1.807, 2.05) is 12.1 Å². The molecule has 1 saturated carbocycles. The van der Waals surface area contributed by atoms with Gasteiger partial charge in [0, 0.05) is 12.5 Å². The Morgan fingerprint density at radius 1 is 1.32 bits per heavy atom. The number of ether oxygens (including phenoxy) is 1. The fourth-order valence-electron chi connectivity index (χ4n) is 3.39. The number of nitrogens with zero attached hydrogens (tertiary/aromatic N) is 2. The summed E-state index contributed by atoms with van der Waals surface area (Å²) in [7, 11) is 1.66. The lowest BCUT2D eigenvalue weighted by Gasteiger charge is -2.05. The lowest BCUT2D eigenvalue weighted by atomic mass is 10.0. The second-order valence-electron chi connectivity index (χ2n) is 5.97. The Morgan fingerprint density at radius 3 is 2.91 bits per heavy atom. The number of benzene rings is 1. The zero-order valence-electron chi connectivity index (χ0n) is 12.6. The van der Waals surface area contributed by atoms with Gasteiger partial charge in [-0.25, -0.2) is 9.97 Å². The molecule has 2 heterocycles. The van der Waals surface area contributed by atoms with Gasteiger partial charge in [0.25, 0.3) is 0 Å². The topological polar surface area (TPSA) is 63.9 Å². The Hall–Kier alpha value is -2.30. The zero-order valence-corrected chi connectivity index (χ0v) is 12.6. The first kappa shape index (κ1) is 13.4. The van der Waals surface area contributed by atoms with Gasteiger partial charge >= 0.3 is 0 Å². The van der Waals surface area contributed by atoms with Crippen LogP contribution in [0.3, 0.4) is 0 Å². The van der Waals surface area contributed by atoms with Crippen molar-refractivity contribution < 1.29 is 9.15 Å². The minimum Gasteiger partial charge on any atom is -0.496 e. The van der Waals surface area contributed by atoms with Crippen LogP contribution in [0.15, 0.2) is 29.1 Å². The molecule has 5 heteroatoms. The molecule has 2 aromatic heterocycles. The third-order valence-electron chi connectivity index (χ3n) is 4.51. The zero-order chi connectivity index (χ0) is 14.9. The summed E-state index contributed by atoms with van der Waals surface area (Å²) in [5.41, 5.74) is 2.84. The Balaban J connectivity index is 1.72. The number of aromatic nitrogens is 3. The maximum atomic E-state index is 5.48. The van der Waals surface area contributed by atoms with Gasteiger partial charge in [0.05, 0.1) is 29.9 Å². The van der Waals surface area contributed by atoms with Crippen molar-refractivity contribution in [1.29, 1.82) is 0 Å². The summed E-state index contributed by atoms with van der Waals surface area (Å²) in [6.07, 6.45) is 9.52. The van der Waals surface area contributed by atoms with Crippen molar-refractivity contribution in [2.75, 3.05) is 7.11 Å². The maximum Gasteiger partial charge on any atom is 0.181 e. The number of nitrogens with one attached hydrogen (secondary N) is 1. The van der Waals surface area contributed by atoms with E-state index >= 15 is 0 Å². The summed E-state index contributed by atoms with van der Waals surface area (Å²) in [6, 6.07) is 3.99. The third kappa shape index (κ3) is 2.36. The first-order valence-corrected chi connectivity index (χ1v) is 7.79. The number of oxazole rings is 1. The second-order valence-corrected chi connectivity index (χ2v) is 5.97. The van der Waals surface area contributed by atoms with Crippen LogP contribution in [0.5, 0.6) is 5.75 Å². The molecule has 0 aliphatic heterocycles. The van der Waals surface area contributed by atoms with E-state index in [2.05, 4.69) is 9.97 Å². The number of hydrogen-bond donors (Lipinski definition) is 1. The van der Waals surface area contributed by atoms with Crippen LogP contribution in [0.1, 0.15) is 31.5 Å². The fraction of sp³-hybridized carbons (Fsp3) is 0.412. The Morgan fingerprint density at radius 2 is 2.18 bits per heavy atom. The minimum atomic E-state index is 0.700. The Kier molecular flexibility index (Phi) is 3.33. The number of methoxy groups -OCH3 is 1. The lowest BCUT2D eigenvalue weighted by Crippen LogP contribution is -2.00. The molecule has 1 fully saturated rings. The molecule has 114 valence electrons. The molecule has 1 N–H and O–H groups in total. The number of imidazole rings is 1. The van der Waals surface area contributed by atoms with E-state index in [-0.39, 0.29) is 0 Å². The molecule has 3 aromatic rings. The summed E-state index contributed by atoms with van der Waals surface area (Å²) < 4.78 is 10.9. The molecule has 1 aliphatic rings. The van der Waals surface area contributed by atoms with Crippen LogP contribution in [0.4, 0.5) is 0 Å². The molecular weight excluding hydrogens is 278 g/mol. The molecule has 0 saturated heterocycles. The molecule has 0 spiro atoms. The van der Waals surface area contributed by atoms with Gasteiger partial charge in [-0.1, -0.05) is 25.7 Å². The minimum absolute atomic E-state index is 0.700. The standard InChI is InChI=1S/C17H19N3O2/c1-21-15-8-14-13(7-12(15)16-9-18-10-22-16)19-17(20-14)6-11-4-2-3-5-11/h7-11H,2-6H2,1H3,(H,19,20). The monoisotopic (exact) mass is 297 g/mol. The summed E-state index contributed by atoms with van der Waals surface area (Å²) in [6.45, 7) is 0. The number of rotatable bonds is 4. The van der Waals surface area contributed by atoms with Crippen molar-refractivity contribution in [3.05, 3.63) is 30.5 Å². The lowest BCUT2D eigenvalue weighted by molar-refractivity contribution is 0.415. The van der Waals surface area contributed by atoms with Gasteiger partial charge in [-0.3, -0.25) is 0 Å². The summed E-state index contributed by atoms with van der Waals surface area (Å²) >= 11 is 0. The largest absolute Gasteiger partial charge is 0.496 e. The number of fused-ring (bicyclic) bond motifs is 1. The van der Waals surface area contributed by atoms with Gasteiger partial charge in [-0.15, -0.1) is 0 Å². The van der Waals surface area contributed by atoms with Gasteiger partial charge in [0.15, 0.2) is 12.2 Å². The second kappa shape index (κ2) is 5.48. The first-order chi connectivity index (χ1) is 10.8. The van der Waals surface area contributed by atoms with E-state index in [0.29, 0.717) is 5.76 Å². The van der Waals surface area contributed by atoms with E-state index in [4.69, 9.17) is 14.1 Å². The Labute approximate surface area is 128 Å². The van der Waals surface area contributed by atoms with E-state index in [1.54, 1.807) is 13.3 Å². The van der Waals surface area contributed by atoms with Crippen molar-refractivity contribution >= 4 is 11.0 Å². The highest BCUT2D eigenvalue weighted by molar-refractivity contribution is 5.84. The molecular formula is C17H19N3O2. The summed E-state index contributed by atoms with van der Waals surface area (Å²) in [5.74, 6) is 3.30. The highest BCUT2D eigenvalue weighted by Crippen LogP contribution is 2.34. The normalized spacial score (nSPS) is 15.7. The van der Waals surface area contributed by atoms with Crippen molar-refractivity contribution in [2.24, 2.45) is 5.92 Å². The van der Waals surface area contributed by atoms with Crippen LogP contribution in [0, 0.1) is 5.92 Å². The number of hydrogen-bond acceptors (Lipinski definition) is 4. The molecule has 5 nitrogen and oxygen atoms in total. The molecule has 0 amide bonds. The smallest absolute Gasteiger partial charge is 0.181 e. The van der Waals surface area contributed by atoms with E-state index < -0.39 is 0 Å². The van der Waals surface area contributed by atoms with Crippen LogP contribution < -0.4 is 4.74 Å². The predicted molar refractivity (Wildman–Crippen MR) is 83.8 cm³/mol. The number of H-pyrrole nitrogens is 1. The highest BCUT2D eigenvalue weighted by Gasteiger charge is 2.18. The van der Waals surface area contributed by atoms with Gasteiger partial charge in [0.2, 0.25) is 0 Å². The molecule has 4 rings (SSSR count). The van der Waals surface area contributed by atoms with Crippen LogP contribution in [-0.2, 0) is 6.42 Å². The first-order valence-electron chi connectivity index (χ1n) is 7.79. The van der Waals surface area contributed by atoms with Crippen molar-refractivity contribution in [1.82, 2.24) is 15.0 Å². The van der Waals surface area contributed by atoms with Crippen LogP contribution >= 0.6 is 0 Å². The Bertz CT molecular complexity index is 771. The quantitative estimate of drug-likeness (QED) is 0.791. The SMILES string of the molecule is COc1cc2nc(CC3CCCC3)[nH]c2cc1-c1cnco1. The van der Waals surface area contributed by atoms with Gasteiger partial charge < -0.3 is 14.1 Å². The van der Waals surface area contributed by atoms with E-state index in [1.165, 1.54) is 32.1 Å². The van der Waals surface area contributed by atoms with Crippen molar-refractivity contribution in [2.45, 2.75) is 32.1 Å². The van der Waals surface area contributed by atoms with Gasteiger partial charge in [0.1, 0.15) is 11.6 Å². The molecule has 0 radical (unpaired) electrons. The van der Waals surface area contributed by atoms with E-state index in [0.717, 1.165) is 40.5 Å². The van der Waals surface area contributed by atoms with Crippen LogP contribution in [0.25, 0.3) is 22.4 Å². The van der Waals surface area contributed by atoms with Gasteiger partial charge in [-0.2, -0.15) is 0 Å². The summed E-state index contributed by atoms with van der Waals surface area (Å²) in [5, 5.41) is 0. The van der Waals surface area contributed by atoms with Crippen molar-refractivity contribution in [3.63, 3.8) is 0 Å². The summed E-state index contributed by atoms with van der Waals surface area (Å²) in [4.78, 5) is 12.2. The van der Waals surface area contributed by atoms with Crippen LogP contribution in [-0.4, -0.2) is 22.1 Å². The fourth-order valence-corrected chi connectivity index (χ4v) is 3.39. The average Bonchev–Trinajstić information content (AvgIpc) is 3.27. The molecule has 0 atom stereocenters. The highest BCUT2D eigenvalue weighted by atomic mass is 16.5. The van der Waals surface area contributed by atoms with E-state index in [9.17, 15) is 0 Å². The van der Waals surface area contributed by atoms with Crippen molar-refractivity contribution in [3.8, 4) is 17.1 Å². The molecule has 22 heavy (non-hydrogen) atoms.